The van der Waals surface area contributed by atoms with Crippen LogP contribution < -0.4 is 10.5 Å². The van der Waals surface area contributed by atoms with E-state index in [4.69, 9.17) is 5.73 Å². The van der Waals surface area contributed by atoms with Gasteiger partial charge in [0, 0.05) is 16.2 Å². The van der Waals surface area contributed by atoms with Gasteiger partial charge in [-0.25, -0.2) is 13.1 Å². The van der Waals surface area contributed by atoms with Gasteiger partial charge in [-0.2, -0.15) is 0 Å². The van der Waals surface area contributed by atoms with Gasteiger partial charge in [-0.15, -0.1) is 0 Å². The van der Waals surface area contributed by atoms with Crippen molar-refractivity contribution in [2.75, 3.05) is 6.54 Å². The highest BCUT2D eigenvalue weighted by molar-refractivity contribution is 14.1. The van der Waals surface area contributed by atoms with E-state index in [1.54, 1.807) is 24.3 Å². The second-order valence-electron chi connectivity index (χ2n) is 5.23. The molecule has 1 aromatic rings. The summed E-state index contributed by atoms with van der Waals surface area (Å²) in [5.41, 5.74) is 5.42. The molecule has 6 heteroatoms. The van der Waals surface area contributed by atoms with Crippen LogP contribution in [0.25, 0.3) is 0 Å². The Balaban J connectivity index is 2.98. The summed E-state index contributed by atoms with van der Waals surface area (Å²) in [4.78, 5) is 0.269. The lowest BCUT2D eigenvalue weighted by molar-refractivity contribution is 0.304. The molecule has 4 nitrogen and oxygen atoms in total. The average Bonchev–Trinajstić information content (AvgIpc) is 2.25. The molecule has 0 aliphatic heterocycles. The molecule has 0 heterocycles. The molecule has 3 N–H and O–H groups in total. The van der Waals surface area contributed by atoms with E-state index in [-0.39, 0.29) is 22.9 Å². The Kier molecular flexibility index (Phi) is 5.16. The second-order valence-corrected chi connectivity index (χ2v) is 8.19. The topological polar surface area (TPSA) is 72.2 Å². The number of nitrogens with two attached hydrogens (primary N) is 1. The third-order valence-electron chi connectivity index (χ3n) is 2.70. The highest BCUT2D eigenvalue weighted by atomic mass is 127. The van der Waals surface area contributed by atoms with Gasteiger partial charge < -0.3 is 5.73 Å². The predicted octanol–water partition coefficient (Wildman–Crippen LogP) is 1.94. The molecule has 0 amide bonds. The maximum absolute atomic E-state index is 12.2. The number of halogens is 1. The van der Waals surface area contributed by atoms with Crippen LogP contribution in [0.3, 0.4) is 0 Å². The molecule has 1 rings (SSSR count). The van der Waals surface area contributed by atoms with E-state index < -0.39 is 10.0 Å². The first-order valence-electron chi connectivity index (χ1n) is 5.65. The van der Waals surface area contributed by atoms with Gasteiger partial charge in [-0.1, -0.05) is 20.8 Å². The predicted molar refractivity (Wildman–Crippen MR) is 81.8 cm³/mol. The van der Waals surface area contributed by atoms with Gasteiger partial charge in [-0.3, -0.25) is 0 Å². The number of rotatable bonds is 4. The summed E-state index contributed by atoms with van der Waals surface area (Å²) in [6.07, 6.45) is 0. The molecule has 102 valence electrons. The zero-order valence-corrected chi connectivity index (χ0v) is 13.7. The van der Waals surface area contributed by atoms with Crippen LogP contribution in [0, 0.1) is 8.99 Å². The Morgan fingerprint density at radius 2 is 1.78 bits per heavy atom. The van der Waals surface area contributed by atoms with Crippen LogP contribution in [0.4, 0.5) is 0 Å². The molecule has 1 unspecified atom stereocenters. The van der Waals surface area contributed by atoms with Crippen LogP contribution in [0.5, 0.6) is 0 Å². The monoisotopic (exact) mass is 382 g/mol. The van der Waals surface area contributed by atoms with Gasteiger partial charge in [0.25, 0.3) is 0 Å². The van der Waals surface area contributed by atoms with Crippen molar-refractivity contribution >= 4 is 32.6 Å². The first-order valence-corrected chi connectivity index (χ1v) is 8.21. The van der Waals surface area contributed by atoms with Crippen molar-refractivity contribution in [1.29, 1.82) is 0 Å². The van der Waals surface area contributed by atoms with Gasteiger partial charge in [0.15, 0.2) is 0 Å². The maximum Gasteiger partial charge on any atom is 0.240 e. The van der Waals surface area contributed by atoms with Crippen LogP contribution in [0.1, 0.15) is 20.8 Å². The standard InChI is InChI=1S/C12H19IN2O2S/c1-12(2,3)11(8-14)15-18(16,17)10-6-4-9(13)5-7-10/h4-7,11,15H,8,14H2,1-3H3. The Hall–Kier alpha value is -0.180. The van der Waals surface area contributed by atoms with Crippen LogP contribution in [0.15, 0.2) is 29.2 Å². The molecule has 0 saturated carbocycles. The molecular weight excluding hydrogens is 363 g/mol. The van der Waals surface area contributed by atoms with E-state index >= 15 is 0 Å². The molecule has 0 aliphatic carbocycles. The second kappa shape index (κ2) is 5.85. The third-order valence-corrected chi connectivity index (χ3v) is 4.91. The molecular formula is C12H19IN2O2S. The van der Waals surface area contributed by atoms with Crippen LogP contribution in [-0.2, 0) is 10.0 Å². The van der Waals surface area contributed by atoms with Crippen LogP contribution in [0.2, 0.25) is 0 Å². The molecule has 0 fully saturated rings. The van der Waals surface area contributed by atoms with Crippen molar-refractivity contribution in [3.8, 4) is 0 Å². The quantitative estimate of drug-likeness (QED) is 0.782. The van der Waals surface area contributed by atoms with Crippen LogP contribution >= 0.6 is 22.6 Å². The molecule has 18 heavy (non-hydrogen) atoms. The fourth-order valence-electron chi connectivity index (χ4n) is 1.45. The molecule has 0 saturated heterocycles. The molecule has 0 radical (unpaired) electrons. The van der Waals surface area contributed by atoms with Crippen LogP contribution in [-0.4, -0.2) is 21.0 Å². The van der Waals surface area contributed by atoms with Gasteiger partial charge in [0.1, 0.15) is 0 Å². The lowest BCUT2D eigenvalue weighted by atomic mass is 9.88. The lowest BCUT2D eigenvalue weighted by Crippen LogP contribution is -2.48. The van der Waals surface area contributed by atoms with Gasteiger partial charge >= 0.3 is 0 Å². The molecule has 0 spiro atoms. The number of hydrogen-bond acceptors (Lipinski definition) is 3. The third kappa shape index (κ3) is 4.18. The minimum Gasteiger partial charge on any atom is -0.329 e. The van der Waals surface area contributed by atoms with Crippen molar-refractivity contribution in [2.45, 2.75) is 31.7 Å². The zero-order chi connectivity index (χ0) is 14.0. The molecule has 1 aromatic carbocycles. The number of sulfonamides is 1. The summed E-state index contributed by atoms with van der Waals surface area (Å²) >= 11 is 2.14. The average molecular weight is 382 g/mol. The Bertz CT molecular complexity index is 492. The van der Waals surface area contributed by atoms with E-state index in [1.807, 2.05) is 20.8 Å². The fraction of sp³-hybridized carbons (Fsp3) is 0.500. The van der Waals surface area contributed by atoms with E-state index in [9.17, 15) is 8.42 Å². The lowest BCUT2D eigenvalue weighted by Gasteiger charge is -2.30. The first kappa shape index (κ1) is 15.9. The summed E-state index contributed by atoms with van der Waals surface area (Å²) < 4.78 is 28.0. The SMILES string of the molecule is CC(C)(C)C(CN)NS(=O)(=O)c1ccc(I)cc1. The normalized spacial score (nSPS) is 14.5. The smallest absolute Gasteiger partial charge is 0.240 e. The largest absolute Gasteiger partial charge is 0.329 e. The summed E-state index contributed by atoms with van der Waals surface area (Å²) in [7, 11) is -3.50. The van der Waals surface area contributed by atoms with Gasteiger partial charge in [0.05, 0.1) is 4.90 Å². The van der Waals surface area contributed by atoms with Gasteiger partial charge in [-0.05, 0) is 52.3 Å². The van der Waals surface area contributed by atoms with Crippen molar-refractivity contribution in [3.05, 3.63) is 27.8 Å². The summed E-state index contributed by atoms with van der Waals surface area (Å²) in [5.74, 6) is 0. The Morgan fingerprint density at radius 1 is 1.28 bits per heavy atom. The maximum atomic E-state index is 12.2. The number of nitrogens with one attached hydrogen (secondary N) is 1. The molecule has 0 bridgehead atoms. The summed E-state index contributed by atoms with van der Waals surface area (Å²) in [6, 6.07) is 6.44. The van der Waals surface area contributed by atoms with Gasteiger partial charge in [0.2, 0.25) is 10.0 Å². The highest BCUT2D eigenvalue weighted by Crippen LogP contribution is 2.21. The van der Waals surface area contributed by atoms with Crippen molar-refractivity contribution in [1.82, 2.24) is 4.72 Å². The highest BCUT2D eigenvalue weighted by Gasteiger charge is 2.28. The number of benzene rings is 1. The minimum atomic E-state index is -3.50. The Morgan fingerprint density at radius 3 is 2.17 bits per heavy atom. The number of hydrogen-bond donors (Lipinski definition) is 2. The van der Waals surface area contributed by atoms with E-state index in [0.29, 0.717) is 0 Å². The van der Waals surface area contributed by atoms with Crippen molar-refractivity contribution in [3.63, 3.8) is 0 Å². The van der Waals surface area contributed by atoms with E-state index in [1.165, 1.54) is 0 Å². The Labute approximate surface area is 123 Å². The molecule has 0 aromatic heterocycles. The zero-order valence-electron chi connectivity index (χ0n) is 10.8. The minimum absolute atomic E-state index is 0.217. The van der Waals surface area contributed by atoms with Crippen molar-refractivity contribution < 1.29 is 8.42 Å². The van der Waals surface area contributed by atoms with E-state index in [0.717, 1.165) is 3.57 Å². The summed E-state index contributed by atoms with van der Waals surface area (Å²) in [5, 5.41) is 0. The molecule has 0 aliphatic rings. The first-order chi connectivity index (χ1) is 8.16. The van der Waals surface area contributed by atoms with Crippen molar-refractivity contribution in [2.24, 2.45) is 11.1 Å². The summed E-state index contributed by atoms with van der Waals surface area (Å²) in [6.45, 7) is 6.15. The fourth-order valence-corrected chi connectivity index (χ4v) is 3.26. The van der Waals surface area contributed by atoms with E-state index in [2.05, 4.69) is 27.3 Å². The molecule has 1 atom stereocenters.